The van der Waals surface area contributed by atoms with Crippen LogP contribution in [-0.4, -0.2) is 23.3 Å². The van der Waals surface area contributed by atoms with Crippen molar-refractivity contribution in [2.24, 2.45) is 5.92 Å². The summed E-state index contributed by atoms with van der Waals surface area (Å²) in [5.41, 5.74) is 1.60. The van der Waals surface area contributed by atoms with Crippen LogP contribution >= 0.6 is 0 Å². The van der Waals surface area contributed by atoms with E-state index in [0.29, 0.717) is 11.5 Å². The summed E-state index contributed by atoms with van der Waals surface area (Å²) in [6.07, 6.45) is 0.512. The molecule has 1 aromatic carbocycles. The lowest BCUT2D eigenvalue weighted by Gasteiger charge is -2.26. The molecular weight excluding hydrogens is 226 g/mol. The van der Waals surface area contributed by atoms with Gasteiger partial charge in [-0.2, -0.15) is 0 Å². The minimum absolute atomic E-state index is 0.171. The van der Waals surface area contributed by atoms with E-state index in [4.69, 9.17) is 0 Å². The lowest BCUT2D eigenvalue weighted by atomic mass is 10.1. The molecule has 0 spiro atoms. The summed E-state index contributed by atoms with van der Waals surface area (Å²) in [6, 6.07) is 5.51. The number of phenolic OH excluding ortho intramolecular Hbond substituents is 1. The van der Waals surface area contributed by atoms with Gasteiger partial charge < -0.3 is 15.1 Å². The maximum atomic E-state index is 9.91. The van der Waals surface area contributed by atoms with Crippen LogP contribution in [0.5, 0.6) is 5.75 Å². The van der Waals surface area contributed by atoms with Gasteiger partial charge in [0.25, 0.3) is 0 Å². The molecule has 1 aromatic rings. The molecule has 0 aliphatic rings. The van der Waals surface area contributed by atoms with Gasteiger partial charge in [0.05, 0.1) is 6.10 Å². The van der Waals surface area contributed by atoms with Crippen molar-refractivity contribution in [1.29, 1.82) is 0 Å². The van der Waals surface area contributed by atoms with Crippen molar-refractivity contribution in [3.8, 4) is 5.75 Å². The maximum Gasteiger partial charge on any atom is 0.123 e. The zero-order chi connectivity index (χ0) is 13.7. The van der Waals surface area contributed by atoms with Crippen molar-refractivity contribution in [1.82, 2.24) is 0 Å². The molecule has 1 rings (SSSR count). The summed E-state index contributed by atoms with van der Waals surface area (Å²) < 4.78 is 0. The fraction of sp³-hybridized carbons (Fsp3) is 0.600. The molecule has 2 unspecified atom stereocenters. The summed E-state index contributed by atoms with van der Waals surface area (Å²) in [7, 11) is 0. The number of aromatic hydroxyl groups is 1. The van der Waals surface area contributed by atoms with Crippen molar-refractivity contribution in [2.75, 3.05) is 18.0 Å². The van der Waals surface area contributed by atoms with E-state index in [9.17, 15) is 10.2 Å². The number of rotatable bonds is 6. The molecular formula is C15H25NO2. The first-order valence-electron chi connectivity index (χ1n) is 6.75. The Balaban J connectivity index is 2.90. The van der Waals surface area contributed by atoms with Crippen molar-refractivity contribution in [3.63, 3.8) is 0 Å². The summed E-state index contributed by atoms with van der Waals surface area (Å²) in [5.74, 6) is 0.800. The van der Waals surface area contributed by atoms with Crippen molar-refractivity contribution >= 4 is 5.69 Å². The average molecular weight is 251 g/mol. The first-order chi connectivity index (χ1) is 8.49. The van der Waals surface area contributed by atoms with E-state index in [1.807, 2.05) is 6.07 Å². The molecule has 2 N–H and O–H groups in total. The lowest BCUT2D eigenvalue weighted by Crippen LogP contribution is -2.27. The fourth-order valence-corrected chi connectivity index (χ4v) is 2.00. The van der Waals surface area contributed by atoms with Gasteiger partial charge in [0.2, 0.25) is 0 Å². The van der Waals surface area contributed by atoms with Crippen LogP contribution in [0, 0.1) is 5.92 Å². The largest absolute Gasteiger partial charge is 0.507 e. The number of hydrogen-bond acceptors (Lipinski definition) is 3. The Morgan fingerprint density at radius 3 is 2.33 bits per heavy atom. The van der Waals surface area contributed by atoms with Crippen LogP contribution in [0.1, 0.15) is 45.8 Å². The van der Waals surface area contributed by atoms with Crippen LogP contribution in [0.25, 0.3) is 0 Å². The Morgan fingerprint density at radius 2 is 1.89 bits per heavy atom. The van der Waals surface area contributed by atoms with Gasteiger partial charge in [-0.05, 0) is 25.8 Å². The first-order valence-corrected chi connectivity index (χ1v) is 6.75. The van der Waals surface area contributed by atoms with Gasteiger partial charge in [-0.25, -0.2) is 0 Å². The van der Waals surface area contributed by atoms with Crippen LogP contribution < -0.4 is 4.90 Å². The van der Waals surface area contributed by atoms with E-state index in [1.54, 1.807) is 19.1 Å². The molecule has 0 aromatic heterocycles. The predicted molar refractivity (Wildman–Crippen MR) is 76.1 cm³/mol. The van der Waals surface area contributed by atoms with Gasteiger partial charge >= 0.3 is 0 Å². The van der Waals surface area contributed by atoms with Crippen molar-refractivity contribution in [2.45, 2.75) is 40.2 Å². The Labute approximate surface area is 110 Å². The molecule has 0 amide bonds. The monoisotopic (exact) mass is 251 g/mol. The van der Waals surface area contributed by atoms with E-state index >= 15 is 0 Å². The van der Waals surface area contributed by atoms with Gasteiger partial charge in [0.15, 0.2) is 0 Å². The minimum atomic E-state index is -0.635. The highest BCUT2D eigenvalue weighted by Gasteiger charge is 2.12. The van der Waals surface area contributed by atoms with Crippen molar-refractivity contribution < 1.29 is 10.2 Å². The van der Waals surface area contributed by atoms with E-state index < -0.39 is 6.10 Å². The highest BCUT2D eigenvalue weighted by Crippen LogP contribution is 2.29. The number of nitrogens with zero attached hydrogens (tertiary/aromatic N) is 1. The topological polar surface area (TPSA) is 43.7 Å². The summed E-state index contributed by atoms with van der Waals surface area (Å²) in [5, 5.41) is 19.4. The molecule has 3 nitrogen and oxygen atoms in total. The van der Waals surface area contributed by atoms with Gasteiger partial charge in [-0.3, -0.25) is 0 Å². The SMILES string of the molecule is CCC(C)CN(CC)c1ccc(C(C)O)c(O)c1. The maximum absolute atomic E-state index is 9.91. The van der Waals surface area contributed by atoms with Gasteiger partial charge in [-0.15, -0.1) is 0 Å². The Hall–Kier alpha value is -1.22. The van der Waals surface area contributed by atoms with E-state index in [1.165, 1.54) is 0 Å². The Morgan fingerprint density at radius 1 is 1.22 bits per heavy atom. The normalized spacial score (nSPS) is 14.3. The summed E-state index contributed by atoms with van der Waals surface area (Å²) in [6.45, 7) is 10.1. The quantitative estimate of drug-likeness (QED) is 0.815. The molecule has 18 heavy (non-hydrogen) atoms. The van der Waals surface area contributed by atoms with E-state index in [0.717, 1.165) is 25.2 Å². The average Bonchev–Trinajstić information content (AvgIpc) is 2.34. The van der Waals surface area contributed by atoms with Crippen LogP contribution in [0.3, 0.4) is 0 Å². The molecule has 0 radical (unpaired) electrons. The number of benzene rings is 1. The minimum Gasteiger partial charge on any atom is -0.507 e. The molecule has 0 saturated heterocycles. The molecule has 0 aliphatic carbocycles. The van der Waals surface area contributed by atoms with Gasteiger partial charge in [-0.1, -0.05) is 26.3 Å². The van der Waals surface area contributed by atoms with Gasteiger partial charge in [0.1, 0.15) is 5.75 Å². The zero-order valence-electron chi connectivity index (χ0n) is 11.8. The molecule has 0 saturated carbocycles. The molecule has 0 heterocycles. The number of hydrogen-bond donors (Lipinski definition) is 2. The molecule has 0 aliphatic heterocycles. The summed E-state index contributed by atoms with van der Waals surface area (Å²) in [4.78, 5) is 2.25. The first kappa shape index (κ1) is 14.8. The Bertz CT molecular complexity index is 377. The van der Waals surface area contributed by atoms with Crippen LogP contribution in [0.15, 0.2) is 18.2 Å². The van der Waals surface area contributed by atoms with Gasteiger partial charge in [0, 0.05) is 30.4 Å². The lowest BCUT2D eigenvalue weighted by molar-refractivity contribution is 0.195. The van der Waals surface area contributed by atoms with Crippen LogP contribution in [-0.2, 0) is 0 Å². The highest BCUT2D eigenvalue weighted by molar-refractivity contribution is 5.53. The van der Waals surface area contributed by atoms with E-state index in [2.05, 4.69) is 25.7 Å². The third-order valence-corrected chi connectivity index (χ3v) is 3.44. The molecule has 3 heteroatoms. The number of anilines is 1. The van der Waals surface area contributed by atoms with Crippen molar-refractivity contribution in [3.05, 3.63) is 23.8 Å². The smallest absolute Gasteiger partial charge is 0.123 e. The zero-order valence-corrected chi connectivity index (χ0v) is 11.8. The van der Waals surface area contributed by atoms with E-state index in [-0.39, 0.29) is 5.75 Å². The standard InChI is InChI=1S/C15H25NO2/c1-5-11(3)10-16(6-2)13-7-8-14(12(4)17)15(18)9-13/h7-9,11-12,17-18H,5-6,10H2,1-4H3. The summed E-state index contributed by atoms with van der Waals surface area (Å²) >= 11 is 0. The third-order valence-electron chi connectivity index (χ3n) is 3.44. The number of aliphatic hydroxyl groups excluding tert-OH is 1. The second-order valence-electron chi connectivity index (χ2n) is 4.97. The van der Waals surface area contributed by atoms with Crippen LogP contribution in [0.4, 0.5) is 5.69 Å². The Kier molecular flexibility index (Phi) is 5.48. The third kappa shape index (κ3) is 3.64. The molecule has 2 atom stereocenters. The molecule has 102 valence electrons. The molecule has 0 fully saturated rings. The number of aliphatic hydroxyl groups is 1. The van der Waals surface area contributed by atoms with Crippen LogP contribution in [0.2, 0.25) is 0 Å². The number of phenols is 1. The predicted octanol–water partition coefficient (Wildman–Crippen LogP) is 3.32. The molecule has 0 bridgehead atoms. The highest BCUT2D eigenvalue weighted by atomic mass is 16.3. The second kappa shape index (κ2) is 6.64. The second-order valence-corrected chi connectivity index (χ2v) is 4.97. The fourth-order valence-electron chi connectivity index (χ4n) is 2.00.